The van der Waals surface area contributed by atoms with E-state index in [1.165, 1.54) is 25.1 Å². The van der Waals surface area contributed by atoms with Crippen LogP contribution in [0, 0.1) is 0 Å². The zero-order valence-corrected chi connectivity index (χ0v) is 10.4. The minimum absolute atomic E-state index is 0. The molecule has 18 heavy (non-hydrogen) atoms. The summed E-state index contributed by atoms with van der Waals surface area (Å²) in [4.78, 5) is 10.7. The van der Waals surface area contributed by atoms with E-state index in [0.717, 1.165) is 0 Å². The Labute approximate surface area is 109 Å². The Hall–Kier alpha value is -1.40. The van der Waals surface area contributed by atoms with E-state index in [4.69, 9.17) is 5.73 Å². The Morgan fingerprint density at radius 2 is 2.11 bits per heavy atom. The molecule has 0 aliphatic rings. The molecule has 0 amide bonds. The van der Waals surface area contributed by atoms with E-state index < -0.39 is 24.9 Å². The molecular formula is C11H14ClF2NO3. The van der Waals surface area contributed by atoms with Crippen LogP contribution in [0.1, 0.15) is 24.9 Å². The van der Waals surface area contributed by atoms with E-state index in [0.29, 0.717) is 5.56 Å². The number of rotatable bonds is 4. The fraction of sp³-hybridized carbons (Fsp3) is 0.364. The van der Waals surface area contributed by atoms with Crippen LogP contribution in [-0.4, -0.2) is 17.5 Å². The average Bonchev–Trinajstić information content (AvgIpc) is 2.19. The fourth-order valence-corrected chi connectivity index (χ4v) is 1.33. The lowest BCUT2D eigenvalue weighted by Crippen LogP contribution is -2.14. The largest absolute Gasteiger partial charge is 0.504 e. The Bertz CT molecular complexity index is 415. The highest BCUT2D eigenvalue weighted by atomic mass is 35.5. The number of alkyl halides is 2. The normalized spacial score (nSPS) is 11.8. The van der Waals surface area contributed by atoms with Gasteiger partial charge in [0.2, 0.25) is 6.43 Å². The van der Waals surface area contributed by atoms with Crippen LogP contribution in [0.3, 0.4) is 0 Å². The summed E-state index contributed by atoms with van der Waals surface area (Å²) in [7, 11) is 0. The van der Waals surface area contributed by atoms with Crippen LogP contribution in [0.5, 0.6) is 11.5 Å². The van der Waals surface area contributed by atoms with Crippen molar-refractivity contribution in [1.29, 1.82) is 0 Å². The number of phenols is 1. The van der Waals surface area contributed by atoms with Crippen molar-refractivity contribution in [2.24, 2.45) is 5.73 Å². The van der Waals surface area contributed by atoms with E-state index in [-0.39, 0.29) is 23.9 Å². The number of hydrogen-bond acceptors (Lipinski definition) is 4. The second-order valence-electron chi connectivity index (χ2n) is 3.55. The number of ether oxygens (including phenoxy) is 1. The summed E-state index contributed by atoms with van der Waals surface area (Å²) in [6, 6.07) is 3.10. The van der Waals surface area contributed by atoms with Gasteiger partial charge in [0, 0.05) is 19.4 Å². The predicted molar refractivity (Wildman–Crippen MR) is 64.2 cm³/mol. The maximum Gasteiger partial charge on any atom is 0.308 e. The van der Waals surface area contributed by atoms with Crippen molar-refractivity contribution in [3.8, 4) is 11.5 Å². The molecule has 0 saturated heterocycles. The molecule has 0 spiro atoms. The smallest absolute Gasteiger partial charge is 0.308 e. The maximum atomic E-state index is 12.1. The molecule has 0 saturated carbocycles. The minimum Gasteiger partial charge on any atom is -0.504 e. The number of hydrogen-bond donors (Lipinski definition) is 2. The van der Waals surface area contributed by atoms with Gasteiger partial charge in [0.15, 0.2) is 11.5 Å². The van der Waals surface area contributed by atoms with Crippen molar-refractivity contribution in [1.82, 2.24) is 0 Å². The van der Waals surface area contributed by atoms with Crippen molar-refractivity contribution >= 4 is 18.4 Å². The Kier molecular flexibility index (Phi) is 6.57. The summed E-state index contributed by atoms with van der Waals surface area (Å²) in [5.41, 5.74) is 5.88. The second-order valence-corrected chi connectivity index (χ2v) is 3.55. The fourth-order valence-electron chi connectivity index (χ4n) is 1.33. The van der Waals surface area contributed by atoms with Crippen molar-refractivity contribution in [2.45, 2.75) is 25.8 Å². The first-order chi connectivity index (χ1) is 7.90. The van der Waals surface area contributed by atoms with E-state index >= 15 is 0 Å². The van der Waals surface area contributed by atoms with Crippen molar-refractivity contribution in [2.75, 3.05) is 0 Å². The second kappa shape index (κ2) is 7.13. The summed E-state index contributed by atoms with van der Waals surface area (Å²) < 4.78 is 28.9. The SMILES string of the molecule is CC(=O)Oc1ccc([C@@H](N)CC(F)F)cc1O.Cl. The first kappa shape index (κ1) is 16.6. The zero-order valence-electron chi connectivity index (χ0n) is 9.60. The number of benzene rings is 1. The molecule has 102 valence electrons. The molecule has 1 rings (SSSR count). The highest BCUT2D eigenvalue weighted by Gasteiger charge is 2.15. The molecule has 7 heteroatoms. The molecule has 0 bridgehead atoms. The number of aromatic hydroxyl groups is 1. The third kappa shape index (κ3) is 4.85. The van der Waals surface area contributed by atoms with Crippen molar-refractivity contribution < 1.29 is 23.4 Å². The Balaban J connectivity index is 0.00000289. The molecule has 3 N–H and O–H groups in total. The van der Waals surface area contributed by atoms with Gasteiger partial charge in [-0.3, -0.25) is 4.79 Å². The lowest BCUT2D eigenvalue weighted by Gasteiger charge is -2.13. The topological polar surface area (TPSA) is 72.5 Å². The van der Waals surface area contributed by atoms with Crippen LogP contribution in [0.25, 0.3) is 0 Å². The van der Waals surface area contributed by atoms with Crippen LogP contribution in [-0.2, 0) is 4.79 Å². The van der Waals surface area contributed by atoms with Gasteiger partial charge in [-0.1, -0.05) is 6.07 Å². The monoisotopic (exact) mass is 281 g/mol. The Morgan fingerprint density at radius 1 is 1.50 bits per heavy atom. The van der Waals surface area contributed by atoms with Gasteiger partial charge < -0.3 is 15.6 Å². The highest BCUT2D eigenvalue weighted by molar-refractivity contribution is 5.85. The van der Waals surface area contributed by atoms with Gasteiger partial charge in [-0.15, -0.1) is 12.4 Å². The lowest BCUT2D eigenvalue weighted by molar-refractivity contribution is -0.132. The predicted octanol–water partition coefficient (Wildman–Crippen LogP) is 2.39. The highest BCUT2D eigenvalue weighted by Crippen LogP contribution is 2.30. The zero-order chi connectivity index (χ0) is 13.0. The number of phenolic OH excluding ortho intramolecular Hbond substituents is 1. The van der Waals surface area contributed by atoms with Gasteiger partial charge in [-0.25, -0.2) is 8.78 Å². The molecule has 4 nitrogen and oxygen atoms in total. The van der Waals surface area contributed by atoms with E-state index in [1.54, 1.807) is 0 Å². The van der Waals surface area contributed by atoms with Gasteiger partial charge in [0.25, 0.3) is 0 Å². The quantitative estimate of drug-likeness (QED) is 0.656. The molecule has 1 aromatic rings. The van der Waals surface area contributed by atoms with Crippen LogP contribution in [0.4, 0.5) is 8.78 Å². The van der Waals surface area contributed by atoms with Gasteiger partial charge in [0.1, 0.15) is 0 Å². The summed E-state index contributed by atoms with van der Waals surface area (Å²) in [6.45, 7) is 1.19. The molecule has 0 aromatic heterocycles. The molecular weight excluding hydrogens is 268 g/mol. The van der Waals surface area contributed by atoms with Crippen LogP contribution in [0.2, 0.25) is 0 Å². The lowest BCUT2D eigenvalue weighted by atomic mass is 10.0. The maximum absolute atomic E-state index is 12.1. The van der Waals surface area contributed by atoms with Crippen LogP contribution >= 0.6 is 12.4 Å². The molecule has 0 unspecified atom stereocenters. The van der Waals surface area contributed by atoms with Crippen LogP contribution in [0.15, 0.2) is 18.2 Å². The summed E-state index contributed by atoms with van der Waals surface area (Å²) in [5.74, 6) is -0.905. The van der Waals surface area contributed by atoms with E-state index in [9.17, 15) is 18.7 Å². The first-order valence-corrected chi connectivity index (χ1v) is 4.95. The molecule has 0 heterocycles. The number of nitrogens with two attached hydrogens (primary N) is 1. The van der Waals surface area contributed by atoms with Gasteiger partial charge in [-0.05, 0) is 17.7 Å². The van der Waals surface area contributed by atoms with Gasteiger partial charge in [0.05, 0.1) is 0 Å². The third-order valence-corrected chi connectivity index (χ3v) is 2.10. The van der Waals surface area contributed by atoms with E-state index in [2.05, 4.69) is 4.74 Å². The van der Waals surface area contributed by atoms with E-state index in [1.807, 2.05) is 0 Å². The Morgan fingerprint density at radius 3 is 2.56 bits per heavy atom. The standard InChI is InChI=1S/C11H13F2NO3.ClH/c1-6(15)17-10-3-2-7(4-9(10)16)8(14)5-11(12)13;/h2-4,8,11,16H,5,14H2,1H3;1H/t8-;/m0./s1. The summed E-state index contributed by atoms with van der Waals surface area (Å²) in [6.07, 6.45) is -3.01. The van der Waals surface area contributed by atoms with Gasteiger partial charge >= 0.3 is 5.97 Å². The summed E-state index contributed by atoms with van der Waals surface area (Å²) in [5, 5.41) is 9.50. The molecule has 0 radical (unpaired) electrons. The van der Waals surface area contributed by atoms with Gasteiger partial charge in [-0.2, -0.15) is 0 Å². The molecule has 0 aliphatic heterocycles. The van der Waals surface area contributed by atoms with Crippen molar-refractivity contribution in [3.63, 3.8) is 0 Å². The average molecular weight is 282 g/mol. The number of esters is 1. The molecule has 1 aromatic carbocycles. The number of halogens is 3. The summed E-state index contributed by atoms with van der Waals surface area (Å²) >= 11 is 0. The first-order valence-electron chi connectivity index (χ1n) is 4.95. The minimum atomic E-state index is -2.51. The molecule has 0 fully saturated rings. The molecule has 0 aliphatic carbocycles. The molecule has 1 atom stereocenters. The van der Waals surface area contributed by atoms with Crippen LogP contribution < -0.4 is 10.5 Å². The number of carbonyl (C=O) groups is 1. The third-order valence-electron chi connectivity index (χ3n) is 2.10. The van der Waals surface area contributed by atoms with Crippen molar-refractivity contribution in [3.05, 3.63) is 23.8 Å². The number of carbonyl (C=O) groups excluding carboxylic acids is 1.